The van der Waals surface area contributed by atoms with Crippen LogP contribution in [0.25, 0.3) is 0 Å². The predicted molar refractivity (Wildman–Crippen MR) is 95.8 cm³/mol. The van der Waals surface area contributed by atoms with Gasteiger partial charge < -0.3 is 20.1 Å². The zero-order chi connectivity index (χ0) is 18.1. The van der Waals surface area contributed by atoms with Crippen molar-refractivity contribution in [2.24, 2.45) is 0 Å². The first-order valence-corrected chi connectivity index (χ1v) is 9.01. The smallest absolute Gasteiger partial charge is 0.255 e. The Labute approximate surface area is 149 Å². The van der Waals surface area contributed by atoms with Gasteiger partial charge in [-0.2, -0.15) is 0 Å². The summed E-state index contributed by atoms with van der Waals surface area (Å²) in [7, 11) is 0. The molecule has 1 aromatic carbocycles. The Kier molecular flexibility index (Phi) is 7.73. The molecule has 138 valence electrons. The molecule has 1 saturated heterocycles. The summed E-state index contributed by atoms with van der Waals surface area (Å²) in [6.45, 7) is 5.11. The third-order valence-corrected chi connectivity index (χ3v) is 4.19. The van der Waals surface area contributed by atoms with Crippen LogP contribution in [-0.2, 0) is 9.53 Å². The minimum atomic E-state index is -0.314. The molecular weight excluding hydrogens is 320 g/mol. The average Bonchev–Trinajstić information content (AvgIpc) is 3.12. The zero-order valence-electron chi connectivity index (χ0n) is 15.0. The van der Waals surface area contributed by atoms with E-state index in [4.69, 9.17) is 9.47 Å². The van der Waals surface area contributed by atoms with Gasteiger partial charge in [-0.25, -0.2) is 0 Å². The van der Waals surface area contributed by atoms with Crippen molar-refractivity contribution < 1.29 is 19.1 Å². The Bertz CT molecular complexity index is 570. The lowest BCUT2D eigenvalue weighted by atomic mass is 10.1. The second kappa shape index (κ2) is 10.0. The van der Waals surface area contributed by atoms with Gasteiger partial charge in [-0.1, -0.05) is 12.1 Å². The lowest BCUT2D eigenvalue weighted by Gasteiger charge is -2.16. The van der Waals surface area contributed by atoms with Crippen molar-refractivity contribution in [2.75, 3.05) is 19.8 Å². The highest BCUT2D eigenvalue weighted by molar-refractivity contribution is 5.98. The summed E-state index contributed by atoms with van der Waals surface area (Å²) >= 11 is 0. The van der Waals surface area contributed by atoms with Gasteiger partial charge in [-0.05, 0) is 51.7 Å². The molecule has 6 nitrogen and oxygen atoms in total. The molecule has 2 N–H and O–H groups in total. The first-order chi connectivity index (χ1) is 12.1. The molecule has 1 aromatic rings. The number of ether oxygens (including phenoxy) is 2. The monoisotopic (exact) mass is 348 g/mol. The van der Waals surface area contributed by atoms with E-state index in [1.807, 2.05) is 19.9 Å². The van der Waals surface area contributed by atoms with Crippen LogP contribution in [0, 0.1) is 0 Å². The first kappa shape index (κ1) is 19.2. The van der Waals surface area contributed by atoms with Gasteiger partial charge in [0.15, 0.2) is 0 Å². The Morgan fingerprint density at radius 1 is 1.36 bits per heavy atom. The summed E-state index contributed by atoms with van der Waals surface area (Å²) in [5, 5.41) is 5.55. The van der Waals surface area contributed by atoms with Gasteiger partial charge in [-0.3, -0.25) is 9.59 Å². The third-order valence-electron chi connectivity index (χ3n) is 4.19. The highest BCUT2D eigenvalue weighted by Gasteiger charge is 2.18. The summed E-state index contributed by atoms with van der Waals surface area (Å²) < 4.78 is 11.0. The fourth-order valence-electron chi connectivity index (χ4n) is 2.90. The maximum Gasteiger partial charge on any atom is 0.255 e. The minimum absolute atomic E-state index is 0.0520. The van der Waals surface area contributed by atoms with E-state index in [1.165, 1.54) is 0 Å². The first-order valence-electron chi connectivity index (χ1n) is 9.01. The largest absolute Gasteiger partial charge is 0.493 e. The minimum Gasteiger partial charge on any atom is -0.493 e. The zero-order valence-corrected chi connectivity index (χ0v) is 15.0. The van der Waals surface area contributed by atoms with Gasteiger partial charge in [0, 0.05) is 12.6 Å². The number of rotatable bonds is 9. The lowest BCUT2D eigenvalue weighted by Crippen LogP contribution is -2.41. The number of nitrogens with one attached hydrogen (secondary N) is 2. The van der Waals surface area contributed by atoms with Crippen LogP contribution < -0.4 is 15.4 Å². The maximum atomic E-state index is 12.2. The molecule has 1 heterocycles. The van der Waals surface area contributed by atoms with Crippen molar-refractivity contribution in [3.8, 4) is 5.75 Å². The molecule has 0 bridgehead atoms. The van der Waals surface area contributed by atoms with Gasteiger partial charge in [0.25, 0.3) is 5.91 Å². The van der Waals surface area contributed by atoms with Crippen LogP contribution in [0.2, 0.25) is 0 Å². The summed E-state index contributed by atoms with van der Waals surface area (Å²) in [4.78, 5) is 24.3. The van der Waals surface area contributed by atoms with E-state index in [9.17, 15) is 9.59 Å². The van der Waals surface area contributed by atoms with Crippen molar-refractivity contribution in [3.05, 3.63) is 29.8 Å². The van der Waals surface area contributed by atoms with Crippen LogP contribution in [0.3, 0.4) is 0 Å². The second-order valence-electron chi connectivity index (χ2n) is 6.29. The Balaban J connectivity index is 1.72. The van der Waals surface area contributed by atoms with Gasteiger partial charge >= 0.3 is 0 Å². The van der Waals surface area contributed by atoms with E-state index in [0.717, 1.165) is 32.3 Å². The van der Waals surface area contributed by atoms with Crippen LogP contribution in [0.4, 0.5) is 0 Å². The van der Waals surface area contributed by atoms with Crippen molar-refractivity contribution in [3.63, 3.8) is 0 Å². The van der Waals surface area contributed by atoms with Crippen molar-refractivity contribution in [1.82, 2.24) is 10.6 Å². The Morgan fingerprint density at radius 2 is 2.16 bits per heavy atom. The Morgan fingerprint density at radius 3 is 2.88 bits per heavy atom. The van der Waals surface area contributed by atoms with Crippen LogP contribution in [0.1, 0.15) is 49.9 Å². The third kappa shape index (κ3) is 6.38. The highest BCUT2D eigenvalue weighted by atomic mass is 16.5. The summed E-state index contributed by atoms with van der Waals surface area (Å²) in [6, 6.07) is 7.06. The van der Waals surface area contributed by atoms with Crippen LogP contribution >= 0.6 is 0 Å². The van der Waals surface area contributed by atoms with Crippen molar-refractivity contribution in [2.45, 2.75) is 51.7 Å². The predicted octanol–water partition coefficient (Wildman–Crippen LogP) is 2.28. The number of carbonyl (C=O) groups is 2. The molecule has 2 amide bonds. The normalized spacial score (nSPS) is 17.8. The number of carbonyl (C=O) groups excluding carboxylic acids is 2. The molecule has 1 fully saturated rings. The van der Waals surface area contributed by atoms with Crippen LogP contribution in [0.5, 0.6) is 5.75 Å². The van der Waals surface area contributed by atoms with Crippen LogP contribution in [-0.4, -0.2) is 43.7 Å². The summed E-state index contributed by atoms with van der Waals surface area (Å²) in [5.41, 5.74) is 0.434. The molecule has 25 heavy (non-hydrogen) atoms. The standard InChI is InChI=1S/C19H28N2O4/c1-3-24-17-9-5-4-8-16(17)19(23)20-13-18(22)21-14(2)10-11-15-7-6-12-25-15/h4-5,8-9,14-15H,3,6-7,10-13H2,1-2H3,(H,20,23)(H,21,22)/t14-,15-/m1/s1. The number of amides is 2. The van der Waals surface area contributed by atoms with Gasteiger partial charge in [0.1, 0.15) is 5.75 Å². The second-order valence-corrected chi connectivity index (χ2v) is 6.29. The molecule has 0 saturated carbocycles. The molecule has 2 atom stereocenters. The fourth-order valence-corrected chi connectivity index (χ4v) is 2.90. The van der Waals surface area contributed by atoms with Gasteiger partial charge in [0.05, 0.1) is 24.8 Å². The topological polar surface area (TPSA) is 76.7 Å². The van der Waals surface area contributed by atoms with E-state index >= 15 is 0 Å². The highest BCUT2D eigenvalue weighted by Crippen LogP contribution is 2.18. The van der Waals surface area contributed by atoms with Gasteiger partial charge in [0.2, 0.25) is 5.91 Å². The number of hydrogen-bond acceptors (Lipinski definition) is 4. The van der Waals surface area contributed by atoms with E-state index < -0.39 is 0 Å². The molecule has 1 aliphatic rings. The van der Waals surface area contributed by atoms with Crippen LogP contribution in [0.15, 0.2) is 24.3 Å². The SMILES string of the molecule is CCOc1ccccc1C(=O)NCC(=O)N[C@H](C)CC[C@H]1CCCO1. The molecule has 0 aromatic heterocycles. The van der Waals surface area contributed by atoms with Crippen molar-refractivity contribution >= 4 is 11.8 Å². The quantitative estimate of drug-likeness (QED) is 0.718. The molecule has 1 aliphatic heterocycles. The number of para-hydroxylation sites is 1. The molecule has 2 rings (SSSR count). The number of benzene rings is 1. The molecular formula is C19H28N2O4. The molecule has 0 radical (unpaired) electrons. The molecule has 0 spiro atoms. The number of hydrogen-bond donors (Lipinski definition) is 2. The van der Waals surface area contributed by atoms with E-state index in [-0.39, 0.29) is 24.4 Å². The molecule has 0 aliphatic carbocycles. The maximum absolute atomic E-state index is 12.2. The molecule has 6 heteroatoms. The van der Waals surface area contributed by atoms with Crippen molar-refractivity contribution in [1.29, 1.82) is 0 Å². The lowest BCUT2D eigenvalue weighted by molar-refractivity contribution is -0.120. The van der Waals surface area contributed by atoms with E-state index in [2.05, 4.69) is 10.6 Å². The van der Waals surface area contributed by atoms with E-state index in [1.54, 1.807) is 18.2 Å². The average molecular weight is 348 g/mol. The fraction of sp³-hybridized carbons (Fsp3) is 0.579. The molecule has 0 unspecified atom stereocenters. The summed E-state index contributed by atoms with van der Waals surface area (Å²) in [5.74, 6) is 0.0149. The van der Waals surface area contributed by atoms with E-state index in [0.29, 0.717) is 24.0 Å². The Hall–Kier alpha value is -2.08. The summed E-state index contributed by atoms with van der Waals surface area (Å²) in [6.07, 6.45) is 4.39. The van der Waals surface area contributed by atoms with Gasteiger partial charge in [-0.15, -0.1) is 0 Å².